The number of piperazine rings is 1. The first-order valence-corrected chi connectivity index (χ1v) is 17.7. The summed E-state index contributed by atoms with van der Waals surface area (Å²) >= 11 is 0. The van der Waals surface area contributed by atoms with Gasteiger partial charge in [-0.2, -0.15) is 0 Å². The summed E-state index contributed by atoms with van der Waals surface area (Å²) in [6, 6.07) is 4.65. The summed E-state index contributed by atoms with van der Waals surface area (Å²) in [5, 5.41) is 0. The van der Waals surface area contributed by atoms with Crippen LogP contribution in [0.2, 0.25) is 0 Å². The topological polar surface area (TPSA) is 76.6 Å². The molecule has 0 N–H and O–H groups in total. The number of amides is 1. The lowest BCUT2D eigenvalue weighted by Gasteiger charge is -2.43. The molecule has 3 saturated heterocycles. The van der Waals surface area contributed by atoms with Crippen LogP contribution in [-0.2, 0) is 14.8 Å². The van der Waals surface area contributed by atoms with Crippen LogP contribution in [0.4, 0.5) is 0 Å². The van der Waals surface area contributed by atoms with Gasteiger partial charge in [-0.25, -0.2) is 12.7 Å². The van der Waals surface area contributed by atoms with Crippen molar-refractivity contribution in [2.45, 2.75) is 82.2 Å². The van der Waals surface area contributed by atoms with Crippen molar-refractivity contribution in [2.24, 2.45) is 5.92 Å². The molecule has 1 atom stereocenters. The van der Waals surface area contributed by atoms with Crippen molar-refractivity contribution in [2.75, 3.05) is 79.6 Å². The second-order valence-corrected chi connectivity index (χ2v) is 15.2. The molecule has 4 aliphatic rings. The highest BCUT2D eigenvalue weighted by molar-refractivity contribution is 7.89. The summed E-state index contributed by atoms with van der Waals surface area (Å²) in [4.78, 5) is 23.4. The van der Waals surface area contributed by atoms with Gasteiger partial charge >= 0.3 is 0 Å². The molecule has 3 heterocycles. The highest BCUT2D eigenvalue weighted by Gasteiger charge is 2.35. The fourth-order valence-corrected chi connectivity index (χ4v) is 9.45. The van der Waals surface area contributed by atoms with Gasteiger partial charge in [0.2, 0.25) is 15.9 Å². The predicted molar refractivity (Wildman–Crippen MR) is 166 cm³/mol. The van der Waals surface area contributed by atoms with E-state index in [0.717, 1.165) is 57.6 Å². The van der Waals surface area contributed by atoms with E-state index in [2.05, 4.69) is 14.7 Å². The van der Waals surface area contributed by atoms with E-state index in [1.807, 2.05) is 4.90 Å². The van der Waals surface area contributed by atoms with Crippen molar-refractivity contribution < 1.29 is 17.9 Å². The zero-order valence-electron chi connectivity index (χ0n) is 26.4. The molecule has 1 aromatic carbocycles. The Hall–Kier alpha value is -1.72. The minimum absolute atomic E-state index is 0.0482. The molecule has 9 nitrogen and oxygen atoms in total. The Morgan fingerprint density at radius 3 is 2.07 bits per heavy atom. The fraction of sp³-hybridized carbons (Fsp3) is 0.781. The summed E-state index contributed by atoms with van der Waals surface area (Å²) in [5.41, 5.74) is 1.30. The third kappa shape index (κ3) is 7.32. The smallest absolute Gasteiger partial charge is 0.243 e. The SMILES string of the molecule is COc1cc(C)c(S(=O)(=O)N(C)CCC(=O)N2CCC(N3CCN([C@H]4CC[C@H](CN5CCCC5)CC4)CC3)C2)c(C)c1. The predicted octanol–water partition coefficient (Wildman–Crippen LogP) is 3.20. The molecule has 0 bridgehead atoms. The molecule has 10 heteroatoms. The number of benzene rings is 1. The van der Waals surface area contributed by atoms with Crippen molar-refractivity contribution in [3.8, 4) is 5.75 Å². The average molecular weight is 604 g/mol. The third-order valence-corrected chi connectivity index (χ3v) is 12.6. The van der Waals surface area contributed by atoms with Crippen LogP contribution >= 0.6 is 0 Å². The molecule has 1 unspecified atom stereocenters. The van der Waals surface area contributed by atoms with Crippen molar-refractivity contribution in [1.29, 1.82) is 0 Å². The first-order chi connectivity index (χ1) is 20.2. The molecule has 3 aliphatic heterocycles. The normalized spacial score (nSPS) is 26.8. The van der Waals surface area contributed by atoms with Gasteiger partial charge in [-0.3, -0.25) is 14.6 Å². The highest BCUT2D eigenvalue weighted by atomic mass is 32.2. The molecule has 0 aromatic heterocycles. The van der Waals surface area contributed by atoms with Gasteiger partial charge in [0, 0.05) is 77.9 Å². The number of aryl methyl sites for hydroxylation is 2. The summed E-state index contributed by atoms with van der Waals surface area (Å²) < 4.78 is 33.3. The average Bonchev–Trinajstić information content (AvgIpc) is 3.68. The maximum absolute atomic E-state index is 13.3. The molecule has 236 valence electrons. The Bertz CT molecular complexity index is 1150. The van der Waals surface area contributed by atoms with Gasteiger partial charge in [-0.1, -0.05) is 0 Å². The Kier molecular flexibility index (Phi) is 10.5. The second kappa shape index (κ2) is 13.9. The van der Waals surface area contributed by atoms with Crippen LogP contribution in [0.5, 0.6) is 5.75 Å². The number of sulfonamides is 1. The van der Waals surface area contributed by atoms with Gasteiger partial charge in [-0.05, 0) is 101 Å². The summed E-state index contributed by atoms with van der Waals surface area (Å²) in [7, 11) is -0.562. The monoisotopic (exact) mass is 603 g/mol. The first kappa shape index (κ1) is 31.7. The van der Waals surface area contributed by atoms with Crippen LogP contribution in [0.25, 0.3) is 0 Å². The number of methoxy groups -OCH3 is 1. The Morgan fingerprint density at radius 1 is 0.881 bits per heavy atom. The largest absolute Gasteiger partial charge is 0.497 e. The van der Waals surface area contributed by atoms with Crippen LogP contribution in [0.1, 0.15) is 62.5 Å². The zero-order chi connectivity index (χ0) is 29.9. The van der Waals surface area contributed by atoms with Crippen LogP contribution < -0.4 is 4.74 Å². The number of nitrogens with zero attached hydrogens (tertiary/aromatic N) is 5. The van der Waals surface area contributed by atoms with Gasteiger partial charge in [0.15, 0.2) is 0 Å². The lowest BCUT2D eigenvalue weighted by Crippen LogP contribution is -2.54. The molecule has 1 aliphatic carbocycles. The van der Waals surface area contributed by atoms with Crippen molar-refractivity contribution in [3.05, 3.63) is 23.3 Å². The number of carbonyl (C=O) groups excluding carboxylic acids is 1. The van der Waals surface area contributed by atoms with E-state index >= 15 is 0 Å². The van der Waals surface area contributed by atoms with Crippen LogP contribution in [-0.4, -0.2) is 130 Å². The quantitative estimate of drug-likeness (QED) is 0.407. The van der Waals surface area contributed by atoms with E-state index in [-0.39, 0.29) is 18.9 Å². The Labute approximate surface area is 254 Å². The van der Waals surface area contributed by atoms with Crippen LogP contribution in [0.3, 0.4) is 0 Å². The second-order valence-electron chi connectivity index (χ2n) is 13.2. The lowest BCUT2D eigenvalue weighted by molar-refractivity contribution is -0.130. The number of rotatable bonds is 10. The first-order valence-electron chi connectivity index (χ1n) is 16.3. The van der Waals surface area contributed by atoms with Crippen molar-refractivity contribution >= 4 is 15.9 Å². The summed E-state index contributed by atoms with van der Waals surface area (Å²) in [5.74, 6) is 1.59. The molecule has 1 saturated carbocycles. The number of hydrogen-bond acceptors (Lipinski definition) is 7. The van der Waals surface area contributed by atoms with Crippen molar-refractivity contribution in [3.63, 3.8) is 0 Å². The molecule has 1 amide bonds. The molecule has 1 aromatic rings. The zero-order valence-corrected chi connectivity index (χ0v) is 27.2. The minimum Gasteiger partial charge on any atom is -0.497 e. The third-order valence-electron chi connectivity index (χ3n) is 10.4. The summed E-state index contributed by atoms with van der Waals surface area (Å²) in [6.07, 6.45) is 9.46. The van der Waals surface area contributed by atoms with E-state index in [1.54, 1.807) is 40.1 Å². The minimum atomic E-state index is -3.70. The van der Waals surface area contributed by atoms with Gasteiger partial charge in [-0.15, -0.1) is 0 Å². The van der Waals surface area contributed by atoms with E-state index in [1.165, 1.54) is 62.5 Å². The molecular weight excluding hydrogens is 550 g/mol. The van der Waals surface area contributed by atoms with Gasteiger partial charge < -0.3 is 14.5 Å². The van der Waals surface area contributed by atoms with E-state index < -0.39 is 10.0 Å². The van der Waals surface area contributed by atoms with Gasteiger partial charge in [0.25, 0.3) is 0 Å². The lowest BCUT2D eigenvalue weighted by atomic mass is 9.84. The Morgan fingerprint density at radius 2 is 1.48 bits per heavy atom. The molecular formula is C32H53N5O4S. The molecule has 0 spiro atoms. The highest BCUT2D eigenvalue weighted by Crippen LogP contribution is 2.31. The van der Waals surface area contributed by atoms with Crippen molar-refractivity contribution in [1.82, 2.24) is 23.9 Å². The van der Waals surface area contributed by atoms with Crippen LogP contribution in [0, 0.1) is 19.8 Å². The molecule has 42 heavy (non-hydrogen) atoms. The van der Waals surface area contributed by atoms with E-state index in [0.29, 0.717) is 27.8 Å². The molecule has 5 rings (SSSR count). The molecule has 4 fully saturated rings. The fourth-order valence-electron chi connectivity index (χ4n) is 7.88. The number of likely N-dealkylation sites (tertiary alicyclic amines) is 2. The van der Waals surface area contributed by atoms with E-state index in [4.69, 9.17) is 4.74 Å². The number of hydrogen-bond donors (Lipinski definition) is 0. The van der Waals surface area contributed by atoms with Crippen LogP contribution in [0.15, 0.2) is 17.0 Å². The van der Waals surface area contributed by atoms with Gasteiger partial charge in [0.1, 0.15) is 5.75 Å². The van der Waals surface area contributed by atoms with Gasteiger partial charge in [0.05, 0.1) is 12.0 Å². The number of carbonyl (C=O) groups is 1. The van der Waals surface area contributed by atoms with E-state index in [9.17, 15) is 13.2 Å². The number of ether oxygens (including phenoxy) is 1. The Balaban J connectivity index is 1.03. The molecule has 0 radical (unpaired) electrons. The summed E-state index contributed by atoms with van der Waals surface area (Å²) in [6.45, 7) is 13.7. The maximum atomic E-state index is 13.3. The standard InChI is InChI=1S/C32H53N5O4S/c1-25-21-30(41-4)22-26(2)32(25)42(39,40)33(3)15-12-31(38)37-16-11-29(24-37)36-19-17-35(18-20-36)28-9-7-27(8-10-28)23-34-13-5-6-14-34/h21-22,27-29H,5-20,23-24H2,1-4H3/t27-,28-,29?. The maximum Gasteiger partial charge on any atom is 0.243 e.